The molecule has 1 atom stereocenters. The zero-order valence-electron chi connectivity index (χ0n) is 10.1. The molecule has 0 aromatic heterocycles. The quantitative estimate of drug-likeness (QED) is 0.706. The van der Waals surface area contributed by atoms with E-state index in [1.165, 1.54) is 25.9 Å². The molecule has 0 radical (unpaired) electrons. The Balaban J connectivity index is 1.62. The van der Waals surface area contributed by atoms with Crippen LogP contribution in [0.1, 0.15) is 26.2 Å². The summed E-state index contributed by atoms with van der Waals surface area (Å²) in [4.78, 5) is 2.56. The van der Waals surface area contributed by atoms with Gasteiger partial charge in [-0.3, -0.25) is 0 Å². The number of nitrogens with zero attached hydrogens (tertiary/aromatic N) is 1. The fourth-order valence-electron chi connectivity index (χ4n) is 2.30. The van der Waals surface area contributed by atoms with E-state index >= 15 is 0 Å². The molecular weight excluding hydrogens is 198 g/mol. The molecule has 0 amide bonds. The molecule has 2 heteroatoms. The number of likely N-dealkylation sites (tertiary alicyclic amines) is 1. The molecule has 1 aliphatic heterocycles. The van der Waals surface area contributed by atoms with E-state index in [2.05, 4.69) is 11.8 Å². The van der Waals surface area contributed by atoms with Gasteiger partial charge >= 0.3 is 0 Å². The highest BCUT2D eigenvalue weighted by Gasteiger charge is 2.18. The lowest BCUT2D eigenvalue weighted by Gasteiger charge is -2.20. The lowest BCUT2D eigenvalue weighted by Crippen LogP contribution is -2.28. The van der Waals surface area contributed by atoms with Crippen LogP contribution in [0.15, 0.2) is 30.3 Å². The maximum atomic E-state index is 5.67. The van der Waals surface area contributed by atoms with Crippen molar-refractivity contribution in [1.29, 1.82) is 0 Å². The summed E-state index contributed by atoms with van der Waals surface area (Å²) < 4.78 is 5.67. The number of hydrogen-bond donors (Lipinski definition) is 0. The van der Waals surface area contributed by atoms with Gasteiger partial charge in [-0.1, -0.05) is 18.2 Å². The van der Waals surface area contributed by atoms with Gasteiger partial charge in [0.15, 0.2) is 0 Å². The van der Waals surface area contributed by atoms with Crippen molar-refractivity contribution in [3.63, 3.8) is 0 Å². The maximum absolute atomic E-state index is 5.67. The molecule has 16 heavy (non-hydrogen) atoms. The minimum absolute atomic E-state index is 0.775. The topological polar surface area (TPSA) is 12.5 Å². The highest BCUT2D eigenvalue weighted by atomic mass is 16.5. The summed E-state index contributed by atoms with van der Waals surface area (Å²) in [5.74, 6) is 0.983. The Kier molecular flexibility index (Phi) is 4.23. The van der Waals surface area contributed by atoms with Crippen molar-refractivity contribution in [2.75, 3.05) is 19.7 Å². The first-order valence-corrected chi connectivity index (χ1v) is 6.28. The average molecular weight is 219 g/mol. The van der Waals surface area contributed by atoms with Gasteiger partial charge in [0.1, 0.15) is 5.75 Å². The van der Waals surface area contributed by atoms with Crippen molar-refractivity contribution in [1.82, 2.24) is 4.90 Å². The second kappa shape index (κ2) is 5.90. The third-order valence-electron chi connectivity index (χ3n) is 3.29. The molecule has 1 aromatic rings. The summed E-state index contributed by atoms with van der Waals surface area (Å²) in [6, 6.07) is 10.8. The standard InChI is InChI=1S/C14H21NO/c1-13-7-5-10-15(13)11-6-12-16-14-8-3-2-4-9-14/h2-4,8-9,13H,5-7,10-12H2,1H3. The smallest absolute Gasteiger partial charge is 0.119 e. The van der Waals surface area contributed by atoms with E-state index in [-0.39, 0.29) is 0 Å². The van der Waals surface area contributed by atoms with Crippen molar-refractivity contribution >= 4 is 0 Å². The van der Waals surface area contributed by atoms with Gasteiger partial charge in [-0.25, -0.2) is 0 Å². The van der Waals surface area contributed by atoms with Gasteiger partial charge < -0.3 is 9.64 Å². The number of benzene rings is 1. The zero-order valence-corrected chi connectivity index (χ0v) is 10.1. The van der Waals surface area contributed by atoms with Crippen molar-refractivity contribution < 1.29 is 4.74 Å². The Labute approximate surface area is 98.2 Å². The summed E-state index contributed by atoms with van der Waals surface area (Å²) >= 11 is 0. The van der Waals surface area contributed by atoms with Crippen LogP contribution in [0, 0.1) is 0 Å². The second-order valence-electron chi connectivity index (χ2n) is 4.54. The fourth-order valence-corrected chi connectivity index (χ4v) is 2.30. The van der Waals surface area contributed by atoms with Crippen LogP contribution in [-0.2, 0) is 0 Å². The lowest BCUT2D eigenvalue weighted by atomic mass is 10.2. The minimum atomic E-state index is 0.775. The van der Waals surface area contributed by atoms with Gasteiger partial charge in [0.25, 0.3) is 0 Å². The molecule has 2 nitrogen and oxygen atoms in total. The zero-order chi connectivity index (χ0) is 11.2. The molecule has 1 fully saturated rings. The summed E-state index contributed by atoms with van der Waals surface area (Å²) in [5, 5.41) is 0. The molecule has 0 spiro atoms. The van der Waals surface area contributed by atoms with E-state index in [4.69, 9.17) is 4.74 Å². The third kappa shape index (κ3) is 3.24. The Morgan fingerprint density at radius 2 is 2.12 bits per heavy atom. The first kappa shape index (κ1) is 11.5. The number of para-hydroxylation sites is 1. The van der Waals surface area contributed by atoms with E-state index in [0.717, 1.165) is 24.8 Å². The Morgan fingerprint density at radius 3 is 2.81 bits per heavy atom. The number of hydrogen-bond acceptors (Lipinski definition) is 2. The molecule has 1 saturated heterocycles. The maximum Gasteiger partial charge on any atom is 0.119 e. The van der Waals surface area contributed by atoms with Crippen LogP contribution in [-0.4, -0.2) is 30.6 Å². The normalized spacial score (nSPS) is 21.2. The highest BCUT2D eigenvalue weighted by molar-refractivity contribution is 5.20. The van der Waals surface area contributed by atoms with Gasteiger partial charge in [-0.05, 0) is 44.9 Å². The van der Waals surface area contributed by atoms with Crippen LogP contribution in [0.3, 0.4) is 0 Å². The van der Waals surface area contributed by atoms with Gasteiger partial charge in [-0.15, -0.1) is 0 Å². The average Bonchev–Trinajstić information content (AvgIpc) is 2.72. The van der Waals surface area contributed by atoms with E-state index in [9.17, 15) is 0 Å². The van der Waals surface area contributed by atoms with Crippen molar-refractivity contribution in [3.8, 4) is 5.75 Å². The molecule has 0 bridgehead atoms. The molecular formula is C14H21NO. The molecule has 0 aliphatic carbocycles. The van der Waals surface area contributed by atoms with Crippen LogP contribution < -0.4 is 4.74 Å². The SMILES string of the molecule is CC1CCCN1CCCOc1ccccc1. The molecule has 1 aliphatic rings. The molecule has 2 rings (SSSR count). The number of rotatable bonds is 5. The molecule has 0 saturated carbocycles. The van der Waals surface area contributed by atoms with Crippen LogP contribution in [0.25, 0.3) is 0 Å². The Morgan fingerprint density at radius 1 is 1.31 bits per heavy atom. The van der Waals surface area contributed by atoms with Crippen molar-refractivity contribution in [2.24, 2.45) is 0 Å². The Hall–Kier alpha value is -1.02. The van der Waals surface area contributed by atoms with Crippen LogP contribution >= 0.6 is 0 Å². The largest absolute Gasteiger partial charge is 0.494 e. The summed E-state index contributed by atoms with van der Waals surface area (Å²) in [6.45, 7) is 5.60. The summed E-state index contributed by atoms with van der Waals surface area (Å²) in [7, 11) is 0. The minimum Gasteiger partial charge on any atom is -0.494 e. The van der Waals surface area contributed by atoms with Gasteiger partial charge in [0, 0.05) is 12.6 Å². The first-order valence-electron chi connectivity index (χ1n) is 6.28. The van der Waals surface area contributed by atoms with E-state index in [1.807, 2.05) is 30.3 Å². The third-order valence-corrected chi connectivity index (χ3v) is 3.29. The van der Waals surface area contributed by atoms with Gasteiger partial charge in [0.05, 0.1) is 6.61 Å². The summed E-state index contributed by atoms with van der Waals surface area (Å²) in [5.41, 5.74) is 0. The lowest BCUT2D eigenvalue weighted by molar-refractivity contribution is 0.230. The predicted octanol–water partition coefficient (Wildman–Crippen LogP) is 2.94. The van der Waals surface area contributed by atoms with Crippen LogP contribution in [0.4, 0.5) is 0 Å². The molecule has 1 heterocycles. The Bertz CT molecular complexity index is 299. The molecule has 0 N–H and O–H groups in total. The van der Waals surface area contributed by atoms with E-state index < -0.39 is 0 Å². The number of ether oxygens (including phenoxy) is 1. The fraction of sp³-hybridized carbons (Fsp3) is 0.571. The first-order chi connectivity index (χ1) is 7.86. The predicted molar refractivity (Wildman–Crippen MR) is 66.8 cm³/mol. The molecule has 1 unspecified atom stereocenters. The van der Waals surface area contributed by atoms with E-state index in [1.54, 1.807) is 0 Å². The second-order valence-corrected chi connectivity index (χ2v) is 4.54. The van der Waals surface area contributed by atoms with Crippen molar-refractivity contribution in [3.05, 3.63) is 30.3 Å². The van der Waals surface area contributed by atoms with E-state index in [0.29, 0.717) is 0 Å². The summed E-state index contributed by atoms with van der Waals surface area (Å²) in [6.07, 6.45) is 3.85. The van der Waals surface area contributed by atoms with Crippen LogP contribution in [0.2, 0.25) is 0 Å². The van der Waals surface area contributed by atoms with Crippen LogP contribution in [0.5, 0.6) is 5.75 Å². The van der Waals surface area contributed by atoms with Gasteiger partial charge in [0.2, 0.25) is 0 Å². The highest BCUT2D eigenvalue weighted by Crippen LogP contribution is 2.16. The molecule has 1 aromatic carbocycles. The molecule has 88 valence electrons. The van der Waals surface area contributed by atoms with Crippen molar-refractivity contribution in [2.45, 2.75) is 32.2 Å². The monoisotopic (exact) mass is 219 g/mol. The van der Waals surface area contributed by atoms with Gasteiger partial charge in [-0.2, -0.15) is 0 Å².